The van der Waals surface area contributed by atoms with Gasteiger partial charge in [0.2, 0.25) is 11.9 Å². The van der Waals surface area contributed by atoms with Crippen LogP contribution in [0.25, 0.3) is 0 Å². The van der Waals surface area contributed by atoms with Gasteiger partial charge in [0.25, 0.3) is 0 Å². The molecule has 1 N–H and O–H groups in total. The van der Waals surface area contributed by atoms with Gasteiger partial charge in [0.1, 0.15) is 0 Å². The van der Waals surface area contributed by atoms with Gasteiger partial charge in [-0.15, -0.1) is 0 Å². The fourth-order valence-electron chi connectivity index (χ4n) is 6.06. The first-order valence-corrected chi connectivity index (χ1v) is 13.1. The molecular weight excluding hydrogens is 438 g/mol. The summed E-state index contributed by atoms with van der Waals surface area (Å²) in [6.07, 6.45) is 5.51. The highest BCUT2D eigenvalue weighted by molar-refractivity contribution is 5.80. The Balaban J connectivity index is 1.33. The molecule has 35 heavy (non-hydrogen) atoms. The van der Waals surface area contributed by atoms with Crippen LogP contribution in [0.2, 0.25) is 0 Å². The summed E-state index contributed by atoms with van der Waals surface area (Å²) in [5, 5.41) is 3.53. The maximum Gasteiger partial charge on any atom is 0.227 e. The molecule has 1 aromatic heterocycles. The number of piperidine rings is 1. The average Bonchev–Trinajstić information content (AvgIpc) is 2.83. The monoisotopic (exact) mass is 477 g/mol. The molecular formula is C28H39N5O2. The largest absolute Gasteiger partial charge is 0.375 e. The summed E-state index contributed by atoms with van der Waals surface area (Å²) in [7, 11) is 2.15. The minimum absolute atomic E-state index is 0.00139. The zero-order valence-electron chi connectivity index (χ0n) is 21.5. The molecule has 4 heterocycles. The quantitative estimate of drug-likeness (QED) is 0.721. The molecule has 7 heteroatoms. The Morgan fingerprint density at radius 2 is 2.00 bits per heavy atom. The Morgan fingerprint density at radius 3 is 2.77 bits per heavy atom. The van der Waals surface area contributed by atoms with Crippen LogP contribution in [0.5, 0.6) is 0 Å². The topological polar surface area (TPSA) is 70.6 Å². The number of carbonyl (C=O) groups is 1. The Hall–Kier alpha value is -2.51. The van der Waals surface area contributed by atoms with E-state index in [1.165, 1.54) is 5.56 Å². The molecule has 0 saturated carbocycles. The third kappa shape index (κ3) is 5.36. The predicted molar refractivity (Wildman–Crippen MR) is 137 cm³/mol. The molecule has 188 valence electrons. The number of fused-ring (bicyclic) bond motifs is 1. The van der Waals surface area contributed by atoms with Crippen LogP contribution in [0.1, 0.15) is 62.8 Å². The first-order chi connectivity index (χ1) is 16.8. The van der Waals surface area contributed by atoms with E-state index in [2.05, 4.69) is 72.2 Å². The number of benzene rings is 1. The molecule has 3 aliphatic rings. The third-order valence-electron chi connectivity index (χ3n) is 8.00. The first kappa shape index (κ1) is 24.2. The van der Waals surface area contributed by atoms with Crippen molar-refractivity contribution in [2.75, 3.05) is 32.1 Å². The van der Waals surface area contributed by atoms with Gasteiger partial charge in [-0.3, -0.25) is 4.79 Å². The minimum Gasteiger partial charge on any atom is -0.375 e. The molecule has 1 aromatic carbocycles. The van der Waals surface area contributed by atoms with Gasteiger partial charge in [-0.05, 0) is 71.2 Å². The molecule has 1 amide bonds. The van der Waals surface area contributed by atoms with Gasteiger partial charge in [0.15, 0.2) is 0 Å². The number of likely N-dealkylation sites (N-methyl/N-ethyl adjacent to an activating group) is 1. The second-order valence-electron chi connectivity index (χ2n) is 11.3. The fraction of sp³-hybridized carbons (Fsp3) is 0.607. The number of amides is 1. The van der Waals surface area contributed by atoms with Crippen LogP contribution < -0.4 is 5.32 Å². The second-order valence-corrected chi connectivity index (χ2v) is 11.3. The highest BCUT2D eigenvalue weighted by Gasteiger charge is 2.39. The van der Waals surface area contributed by atoms with Crippen molar-refractivity contribution in [1.29, 1.82) is 0 Å². The van der Waals surface area contributed by atoms with Crippen LogP contribution in [0, 0.1) is 5.92 Å². The molecule has 0 spiro atoms. The molecule has 5 rings (SSSR count). The van der Waals surface area contributed by atoms with Crippen molar-refractivity contribution < 1.29 is 9.53 Å². The zero-order valence-corrected chi connectivity index (χ0v) is 21.5. The molecule has 0 unspecified atom stereocenters. The van der Waals surface area contributed by atoms with Crippen LogP contribution in [-0.2, 0) is 22.5 Å². The Bertz CT molecular complexity index is 1040. The summed E-state index contributed by atoms with van der Waals surface area (Å²) >= 11 is 0. The second kappa shape index (κ2) is 9.86. The molecule has 2 saturated heterocycles. The van der Waals surface area contributed by atoms with Crippen molar-refractivity contribution in [3.8, 4) is 0 Å². The van der Waals surface area contributed by atoms with Gasteiger partial charge < -0.3 is 19.9 Å². The Kier molecular flexibility index (Phi) is 6.82. The van der Waals surface area contributed by atoms with E-state index in [1.54, 1.807) is 0 Å². The SMILES string of the molecule is C[C@@H]1Cc2cnc(N[C@@H]3CCOC(C)(C)C3)nc2CN1C(=O)[C@H]1CCN(C)C[C@@H]1c1ccccc1. The number of nitrogens with zero attached hydrogens (tertiary/aromatic N) is 4. The van der Waals surface area contributed by atoms with Gasteiger partial charge in [-0.25, -0.2) is 9.97 Å². The van der Waals surface area contributed by atoms with Gasteiger partial charge in [-0.1, -0.05) is 30.3 Å². The molecule has 0 aliphatic carbocycles. The number of likely N-dealkylation sites (tertiary alicyclic amines) is 1. The van der Waals surface area contributed by atoms with Crippen LogP contribution in [0.4, 0.5) is 5.95 Å². The molecule has 2 aromatic rings. The summed E-state index contributed by atoms with van der Waals surface area (Å²) < 4.78 is 5.85. The zero-order chi connectivity index (χ0) is 24.6. The van der Waals surface area contributed by atoms with Gasteiger partial charge in [0, 0.05) is 43.3 Å². The maximum atomic E-state index is 14.0. The van der Waals surface area contributed by atoms with Gasteiger partial charge in [-0.2, -0.15) is 0 Å². The first-order valence-electron chi connectivity index (χ1n) is 13.1. The van der Waals surface area contributed by atoms with E-state index < -0.39 is 0 Å². The van der Waals surface area contributed by atoms with Crippen LogP contribution in [-0.4, -0.2) is 70.1 Å². The molecule has 2 fully saturated rings. The van der Waals surface area contributed by atoms with Crippen molar-refractivity contribution in [1.82, 2.24) is 19.8 Å². The summed E-state index contributed by atoms with van der Waals surface area (Å²) in [5.74, 6) is 1.15. The summed E-state index contributed by atoms with van der Waals surface area (Å²) in [5.41, 5.74) is 3.26. The van der Waals surface area contributed by atoms with E-state index in [0.29, 0.717) is 18.5 Å². The molecule has 0 radical (unpaired) electrons. The fourth-order valence-corrected chi connectivity index (χ4v) is 6.06. The van der Waals surface area contributed by atoms with Crippen LogP contribution in [0.15, 0.2) is 36.5 Å². The molecule has 3 aliphatic heterocycles. The lowest BCUT2D eigenvalue weighted by Gasteiger charge is -2.42. The van der Waals surface area contributed by atoms with E-state index in [4.69, 9.17) is 9.72 Å². The van der Waals surface area contributed by atoms with E-state index in [-0.39, 0.29) is 29.4 Å². The van der Waals surface area contributed by atoms with Crippen molar-refractivity contribution in [3.05, 3.63) is 53.3 Å². The summed E-state index contributed by atoms with van der Waals surface area (Å²) in [6.45, 7) is 9.58. The predicted octanol–water partition coefficient (Wildman–Crippen LogP) is 3.85. The number of carbonyl (C=O) groups excluding carboxylic acids is 1. The Labute approximate surface area is 209 Å². The normalized spacial score (nSPS) is 28.9. The van der Waals surface area contributed by atoms with Crippen molar-refractivity contribution in [2.24, 2.45) is 5.92 Å². The van der Waals surface area contributed by atoms with Gasteiger partial charge in [0.05, 0.1) is 17.8 Å². The highest BCUT2D eigenvalue weighted by atomic mass is 16.5. The number of hydrogen-bond acceptors (Lipinski definition) is 6. The lowest BCUT2D eigenvalue weighted by molar-refractivity contribution is -0.141. The van der Waals surface area contributed by atoms with E-state index in [9.17, 15) is 4.79 Å². The highest BCUT2D eigenvalue weighted by Crippen LogP contribution is 2.35. The van der Waals surface area contributed by atoms with E-state index in [1.807, 2.05) is 12.3 Å². The number of anilines is 1. The van der Waals surface area contributed by atoms with Crippen LogP contribution >= 0.6 is 0 Å². The smallest absolute Gasteiger partial charge is 0.227 e. The summed E-state index contributed by atoms with van der Waals surface area (Å²) in [6, 6.07) is 11.0. The number of aromatic nitrogens is 2. The molecule has 7 nitrogen and oxygen atoms in total. The number of rotatable bonds is 4. The number of hydrogen-bond donors (Lipinski definition) is 1. The van der Waals surface area contributed by atoms with Crippen molar-refractivity contribution in [2.45, 2.75) is 76.6 Å². The molecule has 4 atom stereocenters. The van der Waals surface area contributed by atoms with Crippen molar-refractivity contribution in [3.63, 3.8) is 0 Å². The molecule has 0 bridgehead atoms. The minimum atomic E-state index is -0.133. The van der Waals surface area contributed by atoms with Gasteiger partial charge >= 0.3 is 0 Å². The summed E-state index contributed by atoms with van der Waals surface area (Å²) in [4.78, 5) is 27.9. The lowest BCUT2D eigenvalue weighted by atomic mass is 9.79. The number of ether oxygens (including phenoxy) is 1. The van der Waals surface area contributed by atoms with Crippen LogP contribution in [0.3, 0.4) is 0 Å². The van der Waals surface area contributed by atoms with E-state index in [0.717, 1.165) is 56.6 Å². The number of nitrogens with one attached hydrogen (secondary N) is 1. The average molecular weight is 478 g/mol. The van der Waals surface area contributed by atoms with E-state index >= 15 is 0 Å². The third-order valence-corrected chi connectivity index (χ3v) is 8.00. The Morgan fingerprint density at radius 1 is 1.20 bits per heavy atom. The lowest BCUT2D eigenvalue weighted by Crippen LogP contribution is -2.50. The standard InChI is InChI=1S/C28H39N5O2/c1-19-14-21-16-29-27(30-22-11-13-35-28(2,3)15-22)31-25(21)18-33(19)26(34)23-10-12-32(4)17-24(23)20-8-6-5-7-9-20/h5-9,16,19,22-24H,10-15,17-18H2,1-4H3,(H,29,30,31)/t19-,22-,23+,24-/m1/s1. The maximum absolute atomic E-state index is 14.0. The van der Waals surface area contributed by atoms with Crippen molar-refractivity contribution >= 4 is 11.9 Å².